The molecular weight excluding hydrogens is 312 g/mol. The van der Waals surface area contributed by atoms with Gasteiger partial charge in [-0.15, -0.1) is 0 Å². The Labute approximate surface area is 151 Å². The molecule has 1 saturated heterocycles. The van der Waals surface area contributed by atoms with Gasteiger partial charge in [-0.05, 0) is 33.7 Å². The molecule has 1 fully saturated rings. The highest BCUT2D eigenvalue weighted by Crippen LogP contribution is 2.19. The minimum absolute atomic E-state index is 0.555. The molecule has 25 heavy (non-hydrogen) atoms. The van der Waals surface area contributed by atoms with Crippen molar-refractivity contribution >= 4 is 11.5 Å². The molecule has 0 saturated carbocycles. The van der Waals surface area contributed by atoms with E-state index in [0.717, 1.165) is 68.4 Å². The van der Waals surface area contributed by atoms with Crippen LogP contribution in [0.15, 0.2) is 6.07 Å². The topological polar surface area (TPSA) is 48.7 Å². The summed E-state index contributed by atoms with van der Waals surface area (Å²) in [7, 11) is 2.21. The first-order chi connectivity index (χ1) is 12.0. The lowest BCUT2D eigenvalue weighted by atomic mass is 10.1. The summed E-state index contributed by atoms with van der Waals surface area (Å²) in [5, 5.41) is 8.35. The van der Waals surface area contributed by atoms with Crippen molar-refractivity contribution in [3.8, 4) is 0 Å². The number of hydrogen-bond acceptors (Lipinski definition) is 5. The monoisotopic (exact) mass is 344 g/mol. The van der Waals surface area contributed by atoms with Crippen LogP contribution in [0.25, 0.3) is 5.65 Å². The molecule has 1 N–H and O–H groups in total. The molecule has 0 spiro atoms. The third-order valence-electron chi connectivity index (χ3n) is 5.52. The first kappa shape index (κ1) is 18.1. The van der Waals surface area contributed by atoms with Gasteiger partial charge in [0.1, 0.15) is 5.82 Å². The van der Waals surface area contributed by atoms with E-state index in [2.05, 4.69) is 61.0 Å². The Kier molecular flexibility index (Phi) is 5.59. The molecule has 6 nitrogen and oxygen atoms in total. The molecule has 2 aromatic rings. The summed E-state index contributed by atoms with van der Waals surface area (Å²) >= 11 is 0. The van der Waals surface area contributed by atoms with Gasteiger partial charge in [0.25, 0.3) is 0 Å². The summed E-state index contributed by atoms with van der Waals surface area (Å²) in [6.07, 6.45) is 2.09. The quantitative estimate of drug-likeness (QED) is 0.872. The molecule has 0 bridgehead atoms. The number of aryl methyl sites for hydroxylation is 3. The summed E-state index contributed by atoms with van der Waals surface area (Å²) in [6, 6.07) is 2.70. The molecule has 6 heteroatoms. The van der Waals surface area contributed by atoms with Crippen molar-refractivity contribution in [1.82, 2.24) is 24.4 Å². The zero-order valence-corrected chi connectivity index (χ0v) is 16.3. The number of anilines is 1. The highest BCUT2D eigenvalue weighted by atomic mass is 15.3. The molecule has 0 aromatic carbocycles. The normalized spacial score (nSPS) is 18.0. The van der Waals surface area contributed by atoms with Gasteiger partial charge < -0.3 is 10.2 Å². The van der Waals surface area contributed by atoms with Gasteiger partial charge in [-0.25, -0.2) is 4.98 Å². The van der Waals surface area contributed by atoms with E-state index in [4.69, 9.17) is 4.98 Å². The van der Waals surface area contributed by atoms with Crippen molar-refractivity contribution < 1.29 is 0 Å². The van der Waals surface area contributed by atoms with E-state index < -0.39 is 0 Å². The van der Waals surface area contributed by atoms with Crippen molar-refractivity contribution in [3.63, 3.8) is 0 Å². The second kappa shape index (κ2) is 7.70. The Balaban J connectivity index is 1.78. The van der Waals surface area contributed by atoms with E-state index in [1.165, 1.54) is 5.56 Å². The maximum atomic E-state index is 4.76. The fourth-order valence-electron chi connectivity index (χ4n) is 3.53. The number of nitrogens with zero attached hydrogens (tertiary/aromatic N) is 5. The Bertz CT molecular complexity index is 714. The van der Waals surface area contributed by atoms with Crippen molar-refractivity contribution in [3.05, 3.63) is 23.0 Å². The smallest absolute Gasteiger partial charge is 0.160 e. The standard InChI is InChI=1S/C19H32N6/c1-6-16-12-18(25-19(21-16)14(3)15(4)22-25)20-13-17(7-2)24-10-8-23(5)9-11-24/h12,17,20H,6-11,13H2,1-5H3/t17-/m1/s1. The summed E-state index contributed by atoms with van der Waals surface area (Å²) in [4.78, 5) is 9.79. The van der Waals surface area contributed by atoms with E-state index in [-0.39, 0.29) is 0 Å². The fraction of sp³-hybridized carbons (Fsp3) is 0.684. The lowest BCUT2D eigenvalue weighted by Gasteiger charge is -2.37. The first-order valence-corrected chi connectivity index (χ1v) is 9.55. The van der Waals surface area contributed by atoms with E-state index in [9.17, 15) is 0 Å². The SMILES string of the molecule is CCc1cc(NC[C@@H](CC)N2CCN(C)CC2)n2nc(C)c(C)c2n1. The van der Waals surface area contributed by atoms with Gasteiger partial charge in [-0.2, -0.15) is 9.61 Å². The van der Waals surface area contributed by atoms with Crippen molar-refractivity contribution in [2.75, 3.05) is 45.1 Å². The van der Waals surface area contributed by atoms with Gasteiger partial charge in [-0.1, -0.05) is 13.8 Å². The molecule has 3 rings (SSSR count). The van der Waals surface area contributed by atoms with Crippen molar-refractivity contribution in [2.45, 2.75) is 46.6 Å². The Morgan fingerprint density at radius 1 is 1.16 bits per heavy atom. The van der Waals surface area contributed by atoms with Crippen LogP contribution in [-0.2, 0) is 6.42 Å². The molecule has 0 unspecified atom stereocenters. The van der Waals surface area contributed by atoms with Crippen LogP contribution >= 0.6 is 0 Å². The highest BCUT2D eigenvalue weighted by Gasteiger charge is 2.21. The van der Waals surface area contributed by atoms with Crippen LogP contribution in [0.1, 0.15) is 37.2 Å². The van der Waals surface area contributed by atoms with Gasteiger partial charge in [0, 0.05) is 56.1 Å². The first-order valence-electron chi connectivity index (χ1n) is 9.55. The maximum absolute atomic E-state index is 4.76. The summed E-state index contributed by atoms with van der Waals surface area (Å²) in [5.41, 5.74) is 4.32. The lowest BCUT2D eigenvalue weighted by Crippen LogP contribution is -2.50. The Morgan fingerprint density at radius 3 is 2.52 bits per heavy atom. The predicted molar refractivity (Wildman–Crippen MR) is 103 cm³/mol. The van der Waals surface area contributed by atoms with E-state index in [0.29, 0.717) is 6.04 Å². The van der Waals surface area contributed by atoms with Gasteiger partial charge in [0.15, 0.2) is 5.65 Å². The molecule has 1 atom stereocenters. The zero-order chi connectivity index (χ0) is 18.0. The molecule has 0 radical (unpaired) electrons. The van der Waals surface area contributed by atoms with Crippen LogP contribution in [0.3, 0.4) is 0 Å². The second-order valence-corrected chi connectivity index (χ2v) is 7.21. The van der Waals surface area contributed by atoms with Gasteiger partial charge >= 0.3 is 0 Å². The van der Waals surface area contributed by atoms with Crippen molar-refractivity contribution in [2.24, 2.45) is 0 Å². The molecule has 1 aliphatic heterocycles. The predicted octanol–water partition coefficient (Wildman–Crippen LogP) is 2.35. The summed E-state index contributed by atoms with van der Waals surface area (Å²) in [6.45, 7) is 14.2. The van der Waals surface area contributed by atoms with Crippen LogP contribution in [0, 0.1) is 13.8 Å². The fourth-order valence-corrected chi connectivity index (χ4v) is 3.53. The van der Waals surface area contributed by atoms with E-state index in [1.54, 1.807) is 0 Å². The molecule has 0 amide bonds. The molecular formula is C19H32N6. The van der Waals surface area contributed by atoms with Gasteiger partial charge in [0.05, 0.1) is 5.69 Å². The molecule has 0 aliphatic carbocycles. The average molecular weight is 345 g/mol. The minimum Gasteiger partial charge on any atom is -0.368 e. The lowest BCUT2D eigenvalue weighted by molar-refractivity contribution is 0.114. The largest absolute Gasteiger partial charge is 0.368 e. The number of likely N-dealkylation sites (N-methyl/N-ethyl adjacent to an activating group) is 1. The Morgan fingerprint density at radius 2 is 1.88 bits per heavy atom. The molecule has 3 heterocycles. The zero-order valence-electron chi connectivity index (χ0n) is 16.3. The van der Waals surface area contributed by atoms with E-state index >= 15 is 0 Å². The van der Waals surface area contributed by atoms with E-state index in [1.807, 2.05) is 4.52 Å². The van der Waals surface area contributed by atoms with Crippen molar-refractivity contribution in [1.29, 1.82) is 0 Å². The Hall–Kier alpha value is -1.66. The highest BCUT2D eigenvalue weighted by molar-refractivity contribution is 5.56. The molecule has 138 valence electrons. The minimum atomic E-state index is 0.555. The number of hydrogen-bond donors (Lipinski definition) is 1. The number of piperazine rings is 1. The van der Waals surface area contributed by atoms with Crippen LogP contribution in [-0.4, -0.2) is 70.2 Å². The van der Waals surface area contributed by atoms with Crippen LogP contribution in [0.5, 0.6) is 0 Å². The third kappa shape index (κ3) is 3.80. The number of aromatic nitrogens is 3. The number of rotatable bonds is 6. The number of fused-ring (bicyclic) bond motifs is 1. The third-order valence-corrected chi connectivity index (χ3v) is 5.52. The maximum Gasteiger partial charge on any atom is 0.160 e. The average Bonchev–Trinajstić information content (AvgIpc) is 2.91. The molecule has 2 aromatic heterocycles. The van der Waals surface area contributed by atoms with Crippen LogP contribution in [0.2, 0.25) is 0 Å². The second-order valence-electron chi connectivity index (χ2n) is 7.21. The number of nitrogens with one attached hydrogen (secondary N) is 1. The van der Waals surface area contributed by atoms with Crippen LogP contribution < -0.4 is 5.32 Å². The summed E-state index contributed by atoms with van der Waals surface area (Å²) < 4.78 is 1.97. The molecule has 1 aliphatic rings. The summed E-state index contributed by atoms with van der Waals surface area (Å²) in [5.74, 6) is 1.06. The van der Waals surface area contributed by atoms with Gasteiger partial charge in [0.2, 0.25) is 0 Å². The van der Waals surface area contributed by atoms with Gasteiger partial charge in [-0.3, -0.25) is 4.90 Å². The van der Waals surface area contributed by atoms with Crippen LogP contribution in [0.4, 0.5) is 5.82 Å².